The molecule has 1 saturated heterocycles. The van der Waals surface area contributed by atoms with Crippen LogP contribution in [0.1, 0.15) is 69.2 Å². The van der Waals surface area contributed by atoms with Crippen LogP contribution in [-0.2, 0) is 16.8 Å². The van der Waals surface area contributed by atoms with Gasteiger partial charge in [0, 0.05) is 44.2 Å². The normalized spacial score (nSPS) is 26.8. The first kappa shape index (κ1) is 16.8. The van der Waals surface area contributed by atoms with E-state index in [9.17, 15) is 4.79 Å². The lowest BCUT2D eigenvalue weighted by Gasteiger charge is -2.52. The zero-order valence-corrected chi connectivity index (χ0v) is 15.9. The van der Waals surface area contributed by atoms with Crippen molar-refractivity contribution in [1.82, 2.24) is 19.8 Å². The van der Waals surface area contributed by atoms with Gasteiger partial charge in [-0.25, -0.2) is 4.98 Å². The molecule has 0 bridgehead atoms. The van der Waals surface area contributed by atoms with Crippen molar-refractivity contribution in [1.29, 1.82) is 0 Å². The highest BCUT2D eigenvalue weighted by molar-refractivity contribution is 5.81. The summed E-state index contributed by atoms with van der Waals surface area (Å²) in [6.07, 6.45) is 13.9. The standard InChI is InChI=1S/C21H32N4O/c26-20(17-6-3-7-17)25-11-8-18-19(23-15-22-18)21(25)9-12-24(13-10-21)14-16-4-1-2-5-16/h15-17H,1-14H2,(H,22,23). The minimum Gasteiger partial charge on any atom is -0.348 e. The van der Waals surface area contributed by atoms with E-state index in [2.05, 4.69) is 14.8 Å². The second-order valence-electron chi connectivity index (χ2n) is 9.08. The van der Waals surface area contributed by atoms with E-state index in [4.69, 9.17) is 4.98 Å². The summed E-state index contributed by atoms with van der Waals surface area (Å²) in [5.41, 5.74) is 2.30. The van der Waals surface area contributed by atoms with Gasteiger partial charge in [0.2, 0.25) is 5.91 Å². The molecule has 1 N–H and O–H groups in total. The van der Waals surface area contributed by atoms with Gasteiger partial charge in [-0.2, -0.15) is 0 Å². The largest absolute Gasteiger partial charge is 0.348 e. The highest BCUT2D eigenvalue weighted by Gasteiger charge is 2.50. The Morgan fingerprint density at radius 1 is 1.12 bits per heavy atom. The number of nitrogens with one attached hydrogen (secondary N) is 1. The van der Waals surface area contributed by atoms with Crippen molar-refractivity contribution in [2.45, 2.75) is 69.7 Å². The summed E-state index contributed by atoms with van der Waals surface area (Å²) in [7, 11) is 0. The van der Waals surface area contributed by atoms with Crippen LogP contribution in [0.2, 0.25) is 0 Å². The van der Waals surface area contributed by atoms with Gasteiger partial charge < -0.3 is 14.8 Å². The van der Waals surface area contributed by atoms with E-state index in [1.807, 2.05) is 6.33 Å². The number of hydrogen-bond donors (Lipinski definition) is 1. The molecule has 2 aliphatic heterocycles. The van der Waals surface area contributed by atoms with E-state index in [0.29, 0.717) is 5.91 Å². The second kappa shape index (κ2) is 6.66. The molecule has 0 atom stereocenters. The Kier molecular flexibility index (Phi) is 4.30. The third-order valence-corrected chi connectivity index (χ3v) is 7.66. The number of imidazole rings is 1. The maximum Gasteiger partial charge on any atom is 0.226 e. The van der Waals surface area contributed by atoms with E-state index in [0.717, 1.165) is 57.7 Å². The van der Waals surface area contributed by atoms with Crippen molar-refractivity contribution >= 4 is 5.91 Å². The first-order chi connectivity index (χ1) is 12.8. The van der Waals surface area contributed by atoms with Gasteiger partial charge in [-0.05, 0) is 44.4 Å². The topological polar surface area (TPSA) is 52.2 Å². The van der Waals surface area contributed by atoms with Crippen LogP contribution in [0.25, 0.3) is 0 Å². The first-order valence-corrected chi connectivity index (χ1v) is 10.8. The summed E-state index contributed by atoms with van der Waals surface area (Å²) in [4.78, 5) is 26.2. The van der Waals surface area contributed by atoms with Gasteiger partial charge in [0.25, 0.3) is 0 Å². The monoisotopic (exact) mass is 356 g/mol. The summed E-state index contributed by atoms with van der Waals surface area (Å²) in [6, 6.07) is 0. The molecule has 1 amide bonds. The predicted molar refractivity (Wildman–Crippen MR) is 101 cm³/mol. The fourth-order valence-corrected chi connectivity index (χ4v) is 5.85. The summed E-state index contributed by atoms with van der Waals surface area (Å²) in [6.45, 7) is 4.35. The number of aromatic nitrogens is 2. The van der Waals surface area contributed by atoms with Crippen molar-refractivity contribution in [2.75, 3.05) is 26.2 Å². The number of hydrogen-bond acceptors (Lipinski definition) is 3. The number of carbonyl (C=O) groups is 1. The molecule has 0 aromatic carbocycles. The average Bonchev–Trinajstić information content (AvgIpc) is 3.27. The van der Waals surface area contributed by atoms with Crippen molar-refractivity contribution in [2.24, 2.45) is 11.8 Å². The third-order valence-electron chi connectivity index (χ3n) is 7.66. The van der Waals surface area contributed by atoms with Crippen LogP contribution < -0.4 is 0 Å². The van der Waals surface area contributed by atoms with Crippen LogP contribution in [0.3, 0.4) is 0 Å². The highest BCUT2D eigenvalue weighted by Crippen LogP contribution is 2.44. The molecule has 4 aliphatic rings. The van der Waals surface area contributed by atoms with Crippen LogP contribution in [0, 0.1) is 11.8 Å². The number of amides is 1. The van der Waals surface area contributed by atoms with Crippen LogP contribution in [0.15, 0.2) is 6.33 Å². The quantitative estimate of drug-likeness (QED) is 0.905. The van der Waals surface area contributed by atoms with Gasteiger partial charge >= 0.3 is 0 Å². The molecule has 5 nitrogen and oxygen atoms in total. The predicted octanol–water partition coefficient (Wildman–Crippen LogP) is 3.08. The Morgan fingerprint density at radius 2 is 1.88 bits per heavy atom. The van der Waals surface area contributed by atoms with Gasteiger partial charge in [0.15, 0.2) is 0 Å². The summed E-state index contributed by atoms with van der Waals surface area (Å²) in [5, 5.41) is 0. The number of likely N-dealkylation sites (tertiary alicyclic amines) is 1. The molecule has 2 aliphatic carbocycles. The molecule has 1 aromatic rings. The van der Waals surface area contributed by atoms with Gasteiger partial charge in [0.1, 0.15) is 0 Å². The van der Waals surface area contributed by atoms with E-state index >= 15 is 0 Å². The lowest BCUT2D eigenvalue weighted by molar-refractivity contribution is -0.149. The number of carbonyl (C=O) groups excluding carboxylic acids is 1. The zero-order chi connectivity index (χ0) is 17.6. The van der Waals surface area contributed by atoms with Crippen molar-refractivity contribution in [3.8, 4) is 0 Å². The molecule has 5 rings (SSSR count). The maximum absolute atomic E-state index is 13.2. The molecule has 142 valence electrons. The molecule has 1 spiro atoms. The summed E-state index contributed by atoms with van der Waals surface area (Å²) < 4.78 is 0. The van der Waals surface area contributed by atoms with Gasteiger partial charge in [-0.3, -0.25) is 4.79 Å². The molecule has 0 radical (unpaired) electrons. The van der Waals surface area contributed by atoms with Gasteiger partial charge in [-0.1, -0.05) is 19.3 Å². The maximum atomic E-state index is 13.2. The SMILES string of the molecule is O=C(C1CCC1)N1CCc2[nH]cnc2C12CCN(CC1CCCC1)CC2. The molecule has 3 heterocycles. The molecule has 0 unspecified atom stereocenters. The van der Waals surface area contributed by atoms with E-state index in [-0.39, 0.29) is 11.5 Å². The molecular formula is C21H32N4O. The summed E-state index contributed by atoms with van der Waals surface area (Å²) in [5.74, 6) is 1.60. The van der Waals surface area contributed by atoms with Crippen molar-refractivity contribution < 1.29 is 4.79 Å². The minimum atomic E-state index is -0.146. The number of aromatic amines is 1. The number of H-pyrrole nitrogens is 1. The lowest BCUT2D eigenvalue weighted by atomic mass is 9.76. The van der Waals surface area contributed by atoms with Crippen LogP contribution in [0.4, 0.5) is 0 Å². The van der Waals surface area contributed by atoms with E-state index in [1.54, 1.807) is 0 Å². The Balaban J connectivity index is 1.36. The number of fused-ring (bicyclic) bond motifs is 2. The minimum absolute atomic E-state index is 0.146. The fraction of sp³-hybridized carbons (Fsp3) is 0.810. The van der Waals surface area contributed by atoms with Crippen LogP contribution in [-0.4, -0.2) is 51.9 Å². The number of piperidine rings is 1. The smallest absolute Gasteiger partial charge is 0.226 e. The van der Waals surface area contributed by atoms with Crippen molar-refractivity contribution in [3.63, 3.8) is 0 Å². The third kappa shape index (κ3) is 2.70. The Morgan fingerprint density at radius 3 is 2.58 bits per heavy atom. The molecule has 2 saturated carbocycles. The van der Waals surface area contributed by atoms with E-state index < -0.39 is 0 Å². The fourth-order valence-electron chi connectivity index (χ4n) is 5.85. The van der Waals surface area contributed by atoms with Gasteiger partial charge in [0.05, 0.1) is 17.6 Å². The summed E-state index contributed by atoms with van der Waals surface area (Å²) >= 11 is 0. The average molecular weight is 357 g/mol. The second-order valence-corrected chi connectivity index (χ2v) is 9.08. The molecule has 26 heavy (non-hydrogen) atoms. The zero-order valence-electron chi connectivity index (χ0n) is 15.9. The lowest BCUT2D eigenvalue weighted by Crippen LogP contribution is -2.60. The molecule has 5 heteroatoms. The molecular weight excluding hydrogens is 324 g/mol. The molecule has 3 fully saturated rings. The number of nitrogens with zero attached hydrogens (tertiary/aromatic N) is 3. The Hall–Kier alpha value is -1.36. The molecule has 1 aromatic heterocycles. The first-order valence-electron chi connectivity index (χ1n) is 10.8. The highest BCUT2D eigenvalue weighted by atomic mass is 16.2. The number of rotatable bonds is 3. The van der Waals surface area contributed by atoms with Crippen molar-refractivity contribution in [3.05, 3.63) is 17.7 Å². The Labute approximate surface area is 156 Å². The Bertz CT molecular complexity index is 651. The van der Waals surface area contributed by atoms with E-state index in [1.165, 1.54) is 50.0 Å². The van der Waals surface area contributed by atoms with Gasteiger partial charge in [-0.15, -0.1) is 0 Å². The van der Waals surface area contributed by atoms with Crippen LogP contribution >= 0.6 is 0 Å². The van der Waals surface area contributed by atoms with Crippen LogP contribution in [0.5, 0.6) is 0 Å².